The first-order chi connectivity index (χ1) is 13.0. The molecule has 4 rings (SSSR count). The predicted octanol–water partition coefficient (Wildman–Crippen LogP) is 3.98. The Morgan fingerprint density at radius 3 is 2.96 bits per heavy atom. The number of carbonyl (C=O) groups excluding carboxylic acids is 1. The molecule has 27 heavy (non-hydrogen) atoms. The molecule has 2 N–H and O–H groups in total. The number of fused-ring (bicyclic) bond motifs is 1. The molecule has 140 valence electrons. The Balaban J connectivity index is 1.46. The minimum absolute atomic E-state index is 0.00401. The van der Waals surface area contributed by atoms with Crippen molar-refractivity contribution >= 4 is 34.1 Å². The molecule has 0 aliphatic carbocycles. The van der Waals surface area contributed by atoms with Crippen molar-refractivity contribution in [3.63, 3.8) is 0 Å². The van der Waals surface area contributed by atoms with Crippen LogP contribution in [0.25, 0.3) is 10.9 Å². The lowest BCUT2D eigenvalue weighted by atomic mass is 10.2. The molecule has 2 heterocycles. The van der Waals surface area contributed by atoms with Gasteiger partial charge in [0.1, 0.15) is 17.3 Å². The fraction of sp³-hybridized carbons (Fsp3) is 0.250. The van der Waals surface area contributed by atoms with E-state index in [0.717, 1.165) is 29.9 Å². The quantitative estimate of drug-likeness (QED) is 0.712. The Morgan fingerprint density at radius 1 is 1.30 bits per heavy atom. The smallest absolute Gasteiger partial charge is 0.268 e. The predicted molar refractivity (Wildman–Crippen MR) is 104 cm³/mol. The van der Waals surface area contributed by atoms with Crippen LogP contribution in [-0.4, -0.2) is 37.1 Å². The van der Waals surface area contributed by atoms with Gasteiger partial charge < -0.3 is 19.9 Å². The van der Waals surface area contributed by atoms with Crippen LogP contribution in [0.15, 0.2) is 42.5 Å². The topological polar surface area (TPSA) is 57.4 Å². The lowest BCUT2D eigenvalue weighted by molar-refractivity contribution is 0.0936. The number of aromatic nitrogens is 1. The van der Waals surface area contributed by atoms with E-state index in [9.17, 15) is 9.18 Å². The molecule has 1 atom stereocenters. The van der Waals surface area contributed by atoms with Crippen molar-refractivity contribution in [3.05, 3.63) is 59.0 Å². The molecule has 1 fully saturated rings. The summed E-state index contributed by atoms with van der Waals surface area (Å²) < 4.78 is 18.7. The van der Waals surface area contributed by atoms with Crippen molar-refractivity contribution in [2.75, 3.05) is 25.1 Å². The summed E-state index contributed by atoms with van der Waals surface area (Å²) in [4.78, 5) is 17.8. The first-order valence-electron chi connectivity index (χ1n) is 8.71. The molecule has 0 saturated carbocycles. The number of anilines is 1. The van der Waals surface area contributed by atoms with Crippen molar-refractivity contribution < 1.29 is 13.9 Å². The molecular formula is C20H19ClFN3O2. The van der Waals surface area contributed by atoms with E-state index < -0.39 is 0 Å². The van der Waals surface area contributed by atoms with Crippen LogP contribution in [0, 0.1) is 5.82 Å². The van der Waals surface area contributed by atoms with E-state index in [0.29, 0.717) is 22.6 Å². The Kier molecular flexibility index (Phi) is 4.66. The average molecular weight is 388 g/mol. The molecule has 0 radical (unpaired) electrons. The molecule has 5 nitrogen and oxygen atoms in total. The van der Waals surface area contributed by atoms with E-state index in [1.54, 1.807) is 25.3 Å². The van der Waals surface area contributed by atoms with E-state index >= 15 is 0 Å². The number of methoxy groups -OCH3 is 1. The van der Waals surface area contributed by atoms with Gasteiger partial charge in [0, 0.05) is 35.1 Å². The summed E-state index contributed by atoms with van der Waals surface area (Å²) in [5, 5.41) is 4.36. The van der Waals surface area contributed by atoms with Gasteiger partial charge in [-0.3, -0.25) is 4.79 Å². The van der Waals surface area contributed by atoms with Crippen LogP contribution < -0.4 is 15.0 Å². The van der Waals surface area contributed by atoms with Crippen molar-refractivity contribution in [3.8, 4) is 5.75 Å². The number of amides is 1. The lowest BCUT2D eigenvalue weighted by Crippen LogP contribution is -2.37. The number of carbonyl (C=O) groups is 1. The molecule has 1 unspecified atom stereocenters. The zero-order chi connectivity index (χ0) is 19.0. The number of aromatic amines is 1. The van der Waals surface area contributed by atoms with Crippen LogP contribution >= 0.6 is 11.6 Å². The lowest BCUT2D eigenvalue weighted by Gasteiger charge is -2.21. The molecular weight excluding hydrogens is 369 g/mol. The monoisotopic (exact) mass is 387 g/mol. The molecule has 0 bridgehead atoms. The maximum atomic E-state index is 13.3. The first-order valence-corrected chi connectivity index (χ1v) is 9.09. The van der Waals surface area contributed by atoms with Crippen LogP contribution in [0.5, 0.6) is 5.75 Å². The fourth-order valence-corrected chi connectivity index (χ4v) is 3.66. The van der Waals surface area contributed by atoms with Gasteiger partial charge in [-0.05, 0) is 48.9 Å². The third kappa shape index (κ3) is 3.57. The molecule has 1 amide bonds. The Hall–Kier alpha value is -2.73. The Labute approximate surface area is 161 Å². The molecule has 1 aromatic heterocycles. The number of rotatable bonds is 4. The second-order valence-corrected chi connectivity index (χ2v) is 7.07. The van der Waals surface area contributed by atoms with Gasteiger partial charge in [-0.25, -0.2) is 4.39 Å². The summed E-state index contributed by atoms with van der Waals surface area (Å²) >= 11 is 6.12. The second kappa shape index (κ2) is 7.12. The highest BCUT2D eigenvalue weighted by Gasteiger charge is 2.26. The molecule has 1 aliphatic rings. The average Bonchev–Trinajstić information content (AvgIpc) is 3.28. The molecule has 2 aromatic carbocycles. The van der Waals surface area contributed by atoms with E-state index in [2.05, 4.69) is 15.2 Å². The number of H-pyrrole nitrogens is 1. The van der Waals surface area contributed by atoms with Crippen molar-refractivity contribution in [2.24, 2.45) is 0 Å². The summed E-state index contributed by atoms with van der Waals surface area (Å²) in [6.07, 6.45) is 0.816. The fourth-order valence-electron chi connectivity index (χ4n) is 3.50. The summed E-state index contributed by atoms with van der Waals surface area (Å²) in [6, 6.07) is 11.6. The van der Waals surface area contributed by atoms with Gasteiger partial charge in [0.05, 0.1) is 12.8 Å². The number of nitrogens with zero attached hydrogens (tertiary/aromatic N) is 1. The van der Waals surface area contributed by atoms with E-state index in [-0.39, 0.29) is 17.8 Å². The van der Waals surface area contributed by atoms with Crippen molar-refractivity contribution in [1.29, 1.82) is 0 Å². The summed E-state index contributed by atoms with van der Waals surface area (Å²) in [5.41, 5.74) is 2.08. The number of nitrogens with one attached hydrogen (secondary N) is 2. The number of hydrogen-bond acceptors (Lipinski definition) is 3. The van der Waals surface area contributed by atoms with Crippen LogP contribution in [0.2, 0.25) is 5.02 Å². The molecule has 0 spiro atoms. The minimum atomic E-state index is -0.324. The highest BCUT2D eigenvalue weighted by molar-refractivity contribution is 6.31. The van der Waals surface area contributed by atoms with Gasteiger partial charge in [-0.15, -0.1) is 0 Å². The minimum Gasteiger partial charge on any atom is -0.495 e. The number of hydrogen-bond donors (Lipinski definition) is 2. The summed E-state index contributed by atoms with van der Waals surface area (Å²) in [6.45, 7) is 1.46. The maximum Gasteiger partial charge on any atom is 0.268 e. The molecule has 3 aromatic rings. The highest BCUT2D eigenvalue weighted by atomic mass is 35.5. The van der Waals surface area contributed by atoms with Crippen molar-refractivity contribution in [2.45, 2.75) is 12.5 Å². The number of ether oxygens (including phenoxy) is 1. The van der Waals surface area contributed by atoms with E-state index in [1.165, 1.54) is 12.1 Å². The van der Waals surface area contributed by atoms with Gasteiger partial charge >= 0.3 is 0 Å². The molecule has 1 aliphatic heterocycles. The third-order valence-electron chi connectivity index (χ3n) is 4.83. The van der Waals surface area contributed by atoms with Crippen LogP contribution in [0.3, 0.4) is 0 Å². The normalized spacial score (nSPS) is 16.7. The van der Waals surface area contributed by atoms with Crippen molar-refractivity contribution in [1.82, 2.24) is 10.3 Å². The van der Waals surface area contributed by atoms with E-state index in [1.807, 2.05) is 12.1 Å². The number of halogens is 2. The molecule has 1 saturated heterocycles. The van der Waals surface area contributed by atoms with Crippen LogP contribution in [0.1, 0.15) is 16.9 Å². The number of benzene rings is 2. The zero-order valence-corrected chi connectivity index (χ0v) is 15.5. The van der Waals surface area contributed by atoms with Gasteiger partial charge in [0.2, 0.25) is 0 Å². The Morgan fingerprint density at radius 2 is 2.15 bits per heavy atom. The van der Waals surface area contributed by atoms with Gasteiger partial charge in [0.15, 0.2) is 0 Å². The second-order valence-electron chi connectivity index (χ2n) is 6.64. The summed E-state index contributed by atoms with van der Waals surface area (Å²) in [7, 11) is 1.63. The Bertz CT molecular complexity index is 1000. The molecule has 7 heteroatoms. The van der Waals surface area contributed by atoms with Gasteiger partial charge in [-0.1, -0.05) is 11.6 Å². The summed E-state index contributed by atoms with van der Waals surface area (Å²) in [5.74, 6) is 0.232. The SMILES string of the molecule is COc1ccc(Cl)cc1N1CCC(NC(=O)c2cc3cc(F)ccc3[nH]2)C1. The van der Waals surface area contributed by atoms with E-state index in [4.69, 9.17) is 16.3 Å². The zero-order valence-electron chi connectivity index (χ0n) is 14.8. The standard InChI is InChI=1S/C20H19ClFN3O2/c1-27-19-5-2-13(21)10-18(19)25-7-6-15(11-25)23-20(26)17-9-12-8-14(22)3-4-16(12)24-17/h2-5,8-10,15,24H,6-7,11H2,1H3,(H,23,26). The van der Waals surface area contributed by atoms with Gasteiger partial charge in [-0.2, -0.15) is 0 Å². The van der Waals surface area contributed by atoms with Gasteiger partial charge in [0.25, 0.3) is 5.91 Å². The third-order valence-corrected chi connectivity index (χ3v) is 5.07. The van der Waals surface area contributed by atoms with Crippen LogP contribution in [0.4, 0.5) is 10.1 Å². The van der Waals surface area contributed by atoms with Crippen LogP contribution in [-0.2, 0) is 0 Å². The maximum absolute atomic E-state index is 13.3. The largest absolute Gasteiger partial charge is 0.495 e. The highest BCUT2D eigenvalue weighted by Crippen LogP contribution is 2.33. The first kappa shape index (κ1) is 17.7.